The maximum absolute atomic E-state index is 10.6. The summed E-state index contributed by atoms with van der Waals surface area (Å²) in [7, 11) is 1.31. The Hall–Kier alpha value is -2.41. The van der Waals surface area contributed by atoms with Crippen LogP contribution in [-0.2, 0) is 19.2 Å². The molecule has 0 spiro atoms. The minimum absolute atomic E-state index is 0.206. The first-order valence-corrected chi connectivity index (χ1v) is 6.34. The van der Waals surface area contributed by atoms with Gasteiger partial charge in [0.15, 0.2) is 0 Å². The number of hydrogen-bond donors (Lipinski definition) is 1. The predicted molar refractivity (Wildman–Crippen MR) is 72.4 cm³/mol. The summed E-state index contributed by atoms with van der Waals surface area (Å²) in [6, 6.07) is 6.38. The van der Waals surface area contributed by atoms with E-state index in [2.05, 4.69) is 4.84 Å². The number of imide groups is 1. The molecule has 2 rings (SSSR count). The summed E-state index contributed by atoms with van der Waals surface area (Å²) in [6.45, 7) is 0.383. The minimum Gasteiger partial charge on any atom is -0.508 e. The Kier molecular flexibility index (Phi) is 6.90. The third kappa shape index (κ3) is 5.62. The Morgan fingerprint density at radius 3 is 2.19 bits per heavy atom. The van der Waals surface area contributed by atoms with Gasteiger partial charge in [0, 0.05) is 19.3 Å². The number of ether oxygens (including phenoxy) is 1. The van der Waals surface area contributed by atoms with Crippen LogP contribution in [0, 0.1) is 0 Å². The molecule has 0 bridgehead atoms. The van der Waals surface area contributed by atoms with Crippen molar-refractivity contribution >= 4 is 18.1 Å². The maximum atomic E-state index is 10.6. The van der Waals surface area contributed by atoms with Crippen molar-refractivity contribution in [3.8, 4) is 11.5 Å². The zero-order valence-corrected chi connectivity index (χ0v) is 11.7. The number of rotatable bonds is 5. The highest BCUT2D eigenvalue weighted by Gasteiger charge is 2.28. The highest BCUT2D eigenvalue weighted by Crippen LogP contribution is 2.15. The van der Waals surface area contributed by atoms with Gasteiger partial charge in [-0.05, 0) is 24.3 Å². The molecule has 0 aliphatic carbocycles. The summed E-state index contributed by atoms with van der Waals surface area (Å²) in [5, 5.41) is 9.71. The molecule has 1 saturated heterocycles. The molecule has 7 heteroatoms. The van der Waals surface area contributed by atoms with Crippen molar-refractivity contribution in [3.63, 3.8) is 0 Å². The highest BCUT2D eigenvalue weighted by atomic mass is 16.7. The molecule has 0 atom stereocenters. The van der Waals surface area contributed by atoms with Gasteiger partial charge in [-0.3, -0.25) is 14.4 Å². The number of nitrogens with zero attached hydrogens (tertiary/aromatic N) is 1. The van der Waals surface area contributed by atoms with Crippen LogP contribution in [0.5, 0.6) is 11.5 Å². The van der Waals surface area contributed by atoms with E-state index in [1.54, 1.807) is 12.1 Å². The van der Waals surface area contributed by atoms with Crippen molar-refractivity contribution in [2.75, 3.05) is 13.7 Å². The van der Waals surface area contributed by atoms with Gasteiger partial charge >= 0.3 is 0 Å². The molecule has 1 aliphatic heterocycles. The third-order valence-electron chi connectivity index (χ3n) is 2.53. The number of benzene rings is 1. The topological polar surface area (TPSA) is 93.1 Å². The second-order valence-corrected chi connectivity index (χ2v) is 4.06. The third-order valence-corrected chi connectivity index (χ3v) is 2.53. The van der Waals surface area contributed by atoms with Crippen molar-refractivity contribution in [1.29, 1.82) is 0 Å². The highest BCUT2D eigenvalue weighted by molar-refractivity contribution is 6.00. The lowest BCUT2D eigenvalue weighted by molar-refractivity contribution is -0.179. The lowest BCUT2D eigenvalue weighted by atomic mass is 10.3. The first-order chi connectivity index (χ1) is 10.1. The lowest BCUT2D eigenvalue weighted by Crippen LogP contribution is -2.27. The van der Waals surface area contributed by atoms with E-state index in [-0.39, 0.29) is 30.4 Å². The normalized spacial score (nSPS) is 13.7. The molecular formula is C14H17NO6. The van der Waals surface area contributed by atoms with Crippen LogP contribution in [0.4, 0.5) is 0 Å². The Morgan fingerprint density at radius 2 is 1.76 bits per heavy atom. The average Bonchev–Trinajstić information content (AvgIpc) is 2.81. The van der Waals surface area contributed by atoms with Crippen molar-refractivity contribution in [2.45, 2.75) is 19.3 Å². The van der Waals surface area contributed by atoms with Gasteiger partial charge in [-0.15, -0.1) is 0 Å². The molecule has 1 N–H and O–H groups in total. The van der Waals surface area contributed by atoms with Gasteiger partial charge in [0.05, 0.1) is 13.7 Å². The van der Waals surface area contributed by atoms with E-state index in [0.717, 1.165) is 11.3 Å². The molecule has 114 valence electrons. The molecule has 1 heterocycles. The summed E-state index contributed by atoms with van der Waals surface area (Å²) < 4.78 is 5.16. The van der Waals surface area contributed by atoms with Crippen LogP contribution in [-0.4, -0.2) is 42.0 Å². The monoisotopic (exact) mass is 295 g/mol. The van der Waals surface area contributed by atoms with Gasteiger partial charge in [-0.1, -0.05) is 0 Å². The molecule has 0 aromatic heterocycles. The number of aromatic hydroxyl groups is 1. The Morgan fingerprint density at radius 1 is 1.19 bits per heavy atom. The van der Waals surface area contributed by atoms with Crippen molar-refractivity contribution in [1.82, 2.24) is 5.06 Å². The molecule has 1 fully saturated rings. The Labute approximate surface area is 122 Å². The smallest absolute Gasteiger partial charge is 0.253 e. The zero-order chi connectivity index (χ0) is 15.7. The van der Waals surface area contributed by atoms with Crippen LogP contribution in [0.1, 0.15) is 19.3 Å². The second-order valence-electron chi connectivity index (χ2n) is 4.06. The van der Waals surface area contributed by atoms with E-state index in [9.17, 15) is 14.4 Å². The van der Waals surface area contributed by atoms with Gasteiger partial charge in [0.1, 0.15) is 17.8 Å². The zero-order valence-electron chi connectivity index (χ0n) is 11.7. The first kappa shape index (κ1) is 16.6. The van der Waals surface area contributed by atoms with Crippen LogP contribution in [0.3, 0.4) is 0 Å². The molecule has 0 saturated carbocycles. The van der Waals surface area contributed by atoms with E-state index in [0.29, 0.717) is 18.8 Å². The van der Waals surface area contributed by atoms with Gasteiger partial charge in [-0.2, -0.15) is 5.06 Å². The Balaban J connectivity index is 0.000000219. The molecule has 1 aromatic carbocycles. The molecule has 21 heavy (non-hydrogen) atoms. The van der Waals surface area contributed by atoms with Gasteiger partial charge < -0.3 is 14.6 Å². The summed E-state index contributed by atoms with van der Waals surface area (Å²) in [6.07, 6.45) is 1.76. The van der Waals surface area contributed by atoms with Crippen molar-refractivity contribution in [3.05, 3.63) is 24.3 Å². The summed E-state index contributed by atoms with van der Waals surface area (Å²) in [4.78, 5) is 35.6. The summed E-state index contributed by atoms with van der Waals surface area (Å²) in [5.41, 5.74) is 0. The van der Waals surface area contributed by atoms with Crippen LogP contribution >= 0.6 is 0 Å². The van der Waals surface area contributed by atoms with Gasteiger partial charge in [0.25, 0.3) is 11.8 Å². The van der Waals surface area contributed by atoms with E-state index in [4.69, 9.17) is 9.84 Å². The van der Waals surface area contributed by atoms with Gasteiger partial charge in [-0.25, -0.2) is 0 Å². The van der Waals surface area contributed by atoms with Crippen LogP contribution < -0.4 is 4.74 Å². The van der Waals surface area contributed by atoms with E-state index >= 15 is 0 Å². The maximum Gasteiger partial charge on any atom is 0.253 e. The van der Waals surface area contributed by atoms with E-state index < -0.39 is 0 Å². The molecule has 1 aromatic rings. The van der Waals surface area contributed by atoms with E-state index in [1.165, 1.54) is 19.2 Å². The number of carbonyl (C=O) groups excluding carboxylic acids is 3. The average molecular weight is 295 g/mol. The fraction of sp³-hybridized carbons (Fsp3) is 0.357. The molecular weight excluding hydrogens is 278 g/mol. The SMILES string of the molecule is CON1C(=O)CCC1=O.O=CCCOc1ccc(O)cc1. The van der Waals surface area contributed by atoms with Crippen LogP contribution in [0.15, 0.2) is 24.3 Å². The van der Waals surface area contributed by atoms with Crippen LogP contribution in [0.2, 0.25) is 0 Å². The molecule has 0 radical (unpaired) electrons. The second kappa shape index (κ2) is 8.70. The fourth-order valence-corrected chi connectivity index (χ4v) is 1.53. The number of amides is 2. The lowest BCUT2D eigenvalue weighted by Gasteiger charge is -2.07. The number of aldehydes is 1. The molecule has 0 unspecified atom stereocenters. The Bertz CT molecular complexity index is 469. The first-order valence-electron chi connectivity index (χ1n) is 6.34. The van der Waals surface area contributed by atoms with E-state index in [1.807, 2.05) is 0 Å². The van der Waals surface area contributed by atoms with Crippen LogP contribution in [0.25, 0.3) is 0 Å². The number of carbonyl (C=O) groups is 3. The number of hydrogen-bond acceptors (Lipinski definition) is 6. The summed E-state index contributed by atoms with van der Waals surface area (Å²) in [5.74, 6) is 0.373. The molecule has 2 amide bonds. The number of hydroxylamine groups is 2. The van der Waals surface area contributed by atoms with Crippen molar-refractivity contribution < 1.29 is 29.1 Å². The number of phenols is 1. The number of phenolic OH excluding ortho intramolecular Hbond substituents is 1. The van der Waals surface area contributed by atoms with Gasteiger partial charge in [0.2, 0.25) is 0 Å². The largest absolute Gasteiger partial charge is 0.508 e. The molecule has 7 nitrogen and oxygen atoms in total. The fourth-order valence-electron chi connectivity index (χ4n) is 1.53. The predicted octanol–water partition coefficient (Wildman–Crippen LogP) is 1.06. The quantitative estimate of drug-likeness (QED) is 0.496. The minimum atomic E-state index is -0.248. The molecule has 1 aliphatic rings. The summed E-state index contributed by atoms with van der Waals surface area (Å²) >= 11 is 0. The van der Waals surface area contributed by atoms with Crippen molar-refractivity contribution in [2.24, 2.45) is 0 Å². The standard InChI is InChI=1S/C9H10O3.C5H7NO3/c10-6-1-7-12-9-4-2-8(11)3-5-9;1-9-6-4(7)2-3-5(6)8/h2-6,11H,1,7H2;2-3H2,1H3.